The number of carbonyl (C=O) groups is 2. The molecule has 0 aliphatic carbocycles. The maximum Gasteiger partial charge on any atom is 0.307 e. The van der Waals surface area contributed by atoms with Gasteiger partial charge in [-0.3, -0.25) is 9.59 Å². The summed E-state index contributed by atoms with van der Waals surface area (Å²) in [6, 6.07) is 21.6. The van der Waals surface area contributed by atoms with E-state index in [1.165, 1.54) is 6.21 Å². The third-order valence-corrected chi connectivity index (χ3v) is 5.83. The minimum atomic E-state index is -0.490. The molecule has 0 radical (unpaired) electrons. The maximum atomic E-state index is 12.6. The third kappa shape index (κ3) is 4.80. The van der Waals surface area contributed by atoms with Crippen molar-refractivity contribution in [2.24, 2.45) is 5.10 Å². The fraction of sp³-hybridized carbons (Fsp3) is 0.0741. The van der Waals surface area contributed by atoms with E-state index in [-0.39, 0.29) is 18.2 Å². The van der Waals surface area contributed by atoms with E-state index in [1.807, 2.05) is 47.2 Å². The van der Waals surface area contributed by atoms with Gasteiger partial charge in [-0.15, -0.1) is 0 Å². The van der Waals surface area contributed by atoms with Crippen molar-refractivity contribution in [1.82, 2.24) is 9.99 Å². The first-order valence-electron chi connectivity index (χ1n) is 11.0. The summed E-state index contributed by atoms with van der Waals surface area (Å²) in [5.74, 6) is -0.0123. The lowest BCUT2D eigenvalue weighted by atomic mass is 10.2. The van der Waals surface area contributed by atoms with Crippen molar-refractivity contribution in [2.75, 3.05) is 12.4 Å². The normalized spacial score (nSPS) is 11.3. The number of benzene rings is 3. The average molecular weight is 501 g/mol. The second-order valence-corrected chi connectivity index (χ2v) is 8.41. The van der Waals surface area contributed by atoms with E-state index < -0.39 is 5.91 Å². The highest BCUT2D eigenvalue weighted by Gasteiger charge is 2.15. The Bertz CT molecular complexity index is 1600. The lowest BCUT2D eigenvalue weighted by molar-refractivity contribution is -0.116. The molecule has 3 aromatic carbocycles. The topological polar surface area (TPSA) is 97.9 Å². The van der Waals surface area contributed by atoms with Crippen LogP contribution in [-0.4, -0.2) is 29.7 Å². The van der Waals surface area contributed by atoms with Crippen molar-refractivity contribution < 1.29 is 18.7 Å². The number of hydrogen-bond acceptors (Lipinski definition) is 5. The van der Waals surface area contributed by atoms with E-state index in [0.717, 1.165) is 21.9 Å². The number of halogens is 1. The van der Waals surface area contributed by atoms with Crippen LogP contribution in [0.2, 0.25) is 5.02 Å². The number of anilines is 1. The van der Waals surface area contributed by atoms with E-state index in [1.54, 1.807) is 43.5 Å². The van der Waals surface area contributed by atoms with Gasteiger partial charge in [-0.1, -0.05) is 41.9 Å². The summed E-state index contributed by atoms with van der Waals surface area (Å²) in [5.41, 5.74) is 5.26. The van der Waals surface area contributed by atoms with Gasteiger partial charge in [-0.05, 0) is 42.5 Å². The number of nitrogens with zero attached hydrogens (tertiary/aromatic N) is 2. The van der Waals surface area contributed by atoms with Gasteiger partial charge in [-0.25, -0.2) is 5.43 Å². The minimum absolute atomic E-state index is 0.101. The molecule has 8 nitrogen and oxygen atoms in total. The second kappa shape index (κ2) is 9.97. The van der Waals surface area contributed by atoms with Gasteiger partial charge in [-0.2, -0.15) is 5.10 Å². The van der Waals surface area contributed by atoms with Gasteiger partial charge < -0.3 is 19.0 Å². The zero-order valence-electron chi connectivity index (χ0n) is 19.2. The standard InChI is InChI=1S/C27H21ClN4O4/c1-35-23-8-4-5-17-13-24(36-26(17)23)27(34)31-29-14-18-15-32(22-7-3-2-6-21(18)22)16-25(33)30-20-11-9-19(28)10-12-20/h2-15H,16H2,1H3,(H,30,33)(H,31,34)/b29-14-. The van der Waals surface area contributed by atoms with Crippen LogP contribution in [0.15, 0.2) is 88.5 Å². The summed E-state index contributed by atoms with van der Waals surface area (Å²) in [7, 11) is 1.54. The first-order valence-corrected chi connectivity index (χ1v) is 11.4. The molecule has 36 heavy (non-hydrogen) atoms. The Morgan fingerprint density at radius 2 is 1.89 bits per heavy atom. The summed E-state index contributed by atoms with van der Waals surface area (Å²) in [6.07, 6.45) is 3.35. The number of para-hydroxylation sites is 2. The van der Waals surface area contributed by atoms with E-state index in [4.69, 9.17) is 20.8 Å². The SMILES string of the molecule is COc1cccc2cc(C(=O)N/N=C\c3cn(CC(=O)Nc4ccc(Cl)cc4)c4ccccc34)oc12. The minimum Gasteiger partial charge on any atom is -0.493 e. The molecule has 0 aliphatic rings. The van der Waals surface area contributed by atoms with Gasteiger partial charge in [0.1, 0.15) is 6.54 Å². The monoisotopic (exact) mass is 500 g/mol. The highest BCUT2D eigenvalue weighted by molar-refractivity contribution is 6.30. The van der Waals surface area contributed by atoms with Gasteiger partial charge in [0.25, 0.3) is 0 Å². The Morgan fingerprint density at radius 3 is 2.69 bits per heavy atom. The lowest BCUT2D eigenvalue weighted by Gasteiger charge is -2.07. The van der Waals surface area contributed by atoms with Crippen LogP contribution >= 0.6 is 11.6 Å². The van der Waals surface area contributed by atoms with Crippen LogP contribution in [0, 0.1) is 0 Å². The molecular formula is C27H21ClN4O4. The number of aromatic nitrogens is 1. The molecule has 0 saturated carbocycles. The summed E-state index contributed by atoms with van der Waals surface area (Å²) in [4.78, 5) is 25.2. The first kappa shape index (κ1) is 23.2. The molecule has 0 spiro atoms. The molecule has 180 valence electrons. The highest BCUT2D eigenvalue weighted by Crippen LogP contribution is 2.28. The van der Waals surface area contributed by atoms with Crippen LogP contribution in [0.4, 0.5) is 5.69 Å². The third-order valence-electron chi connectivity index (χ3n) is 5.58. The first-order chi connectivity index (χ1) is 17.5. The molecule has 0 aliphatic heterocycles. The van der Waals surface area contributed by atoms with E-state index in [2.05, 4.69) is 15.8 Å². The fourth-order valence-electron chi connectivity index (χ4n) is 3.92. The number of carbonyl (C=O) groups excluding carboxylic acids is 2. The van der Waals surface area contributed by atoms with Crippen LogP contribution in [0.3, 0.4) is 0 Å². The predicted octanol–water partition coefficient (Wildman–Crippen LogP) is 5.45. The number of methoxy groups -OCH3 is 1. The van der Waals surface area contributed by atoms with Crippen LogP contribution in [-0.2, 0) is 11.3 Å². The molecule has 2 heterocycles. The summed E-state index contributed by atoms with van der Waals surface area (Å²) in [6.45, 7) is 0.101. The van der Waals surface area contributed by atoms with Crippen molar-refractivity contribution in [1.29, 1.82) is 0 Å². The Labute approximate surface area is 211 Å². The summed E-state index contributed by atoms with van der Waals surface area (Å²) >= 11 is 5.91. The van der Waals surface area contributed by atoms with E-state index in [9.17, 15) is 9.59 Å². The Hall–Kier alpha value is -4.56. The maximum absolute atomic E-state index is 12.6. The van der Waals surface area contributed by atoms with Crippen molar-refractivity contribution in [3.63, 3.8) is 0 Å². The zero-order chi connectivity index (χ0) is 25.1. The van der Waals surface area contributed by atoms with E-state index >= 15 is 0 Å². The molecule has 9 heteroatoms. The molecule has 5 rings (SSSR count). The van der Waals surface area contributed by atoms with Crippen LogP contribution < -0.4 is 15.5 Å². The summed E-state index contributed by atoms with van der Waals surface area (Å²) in [5, 5.41) is 9.21. The molecule has 0 unspecified atom stereocenters. The Kier molecular flexibility index (Phi) is 6.42. The van der Waals surface area contributed by atoms with Crippen LogP contribution in [0.25, 0.3) is 21.9 Å². The van der Waals surface area contributed by atoms with Gasteiger partial charge in [0.2, 0.25) is 5.91 Å². The Morgan fingerprint density at radius 1 is 1.08 bits per heavy atom. The molecule has 5 aromatic rings. The zero-order valence-corrected chi connectivity index (χ0v) is 20.0. The number of nitrogens with one attached hydrogen (secondary N) is 2. The number of rotatable bonds is 7. The van der Waals surface area contributed by atoms with Crippen LogP contribution in [0.1, 0.15) is 16.1 Å². The van der Waals surface area contributed by atoms with Crippen molar-refractivity contribution in [2.45, 2.75) is 6.54 Å². The number of amides is 2. The predicted molar refractivity (Wildman–Crippen MR) is 140 cm³/mol. The molecule has 2 N–H and O–H groups in total. The van der Waals surface area contributed by atoms with Gasteiger partial charge in [0.15, 0.2) is 17.1 Å². The number of ether oxygens (including phenoxy) is 1. The van der Waals surface area contributed by atoms with Crippen molar-refractivity contribution in [3.8, 4) is 5.75 Å². The lowest BCUT2D eigenvalue weighted by Crippen LogP contribution is -2.18. The molecule has 2 amide bonds. The average Bonchev–Trinajstić information content (AvgIpc) is 3.47. The Balaban J connectivity index is 1.31. The quantitative estimate of drug-likeness (QED) is 0.229. The van der Waals surface area contributed by atoms with Gasteiger partial charge in [0, 0.05) is 38.8 Å². The molecule has 0 atom stereocenters. The number of fused-ring (bicyclic) bond motifs is 2. The molecule has 0 fully saturated rings. The molecule has 2 aromatic heterocycles. The molecular weight excluding hydrogens is 480 g/mol. The van der Waals surface area contributed by atoms with Gasteiger partial charge in [0.05, 0.1) is 13.3 Å². The summed E-state index contributed by atoms with van der Waals surface area (Å²) < 4.78 is 12.8. The number of furan rings is 1. The highest BCUT2D eigenvalue weighted by atomic mass is 35.5. The van der Waals surface area contributed by atoms with Crippen LogP contribution in [0.5, 0.6) is 5.75 Å². The smallest absolute Gasteiger partial charge is 0.307 e. The largest absolute Gasteiger partial charge is 0.493 e. The second-order valence-electron chi connectivity index (χ2n) is 7.97. The van der Waals surface area contributed by atoms with Crippen molar-refractivity contribution in [3.05, 3.63) is 95.3 Å². The molecule has 0 saturated heterocycles. The van der Waals surface area contributed by atoms with Crippen molar-refractivity contribution >= 4 is 57.2 Å². The number of hydrogen-bond donors (Lipinski definition) is 2. The number of hydrazone groups is 1. The fourth-order valence-corrected chi connectivity index (χ4v) is 4.05. The van der Waals surface area contributed by atoms with E-state index in [0.29, 0.717) is 22.0 Å². The van der Waals surface area contributed by atoms with Gasteiger partial charge >= 0.3 is 5.91 Å². The molecule has 0 bridgehead atoms.